The van der Waals surface area contributed by atoms with Crippen LogP contribution in [-0.2, 0) is 13.0 Å². The van der Waals surface area contributed by atoms with Crippen LogP contribution in [0.4, 0.5) is 0 Å². The molecule has 0 amide bonds. The Labute approximate surface area is 141 Å². The number of ether oxygens (including phenoxy) is 1. The van der Waals surface area contributed by atoms with Crippen LogP contribution in [-0.4, -0.2) is 23.5 Å². The molecule has 2 heteroatoms. The van der Waals surface area contributed by atoms with E-state index in [2.05, 4.69) is 69.0 Å². The molecule has 0 N–H and O–H groups in total. The molecule has 0 radical (unpaired) electrons. The van der Waals surface area contributed by atoms with Crippen LogP contribution in [0.2, 0.25) is 0 Å². The molecule has 2 rings (SSSR count). The van der Waals surface area contributed by atoms with Gasteiger partial charge >= 0.3 is 0 Å². The second-order valence-electron chi connectivity index (χ2n) is 6.59. The quantitative estimate of drug-likeness (QED) is 0.685. The first kappa shape index (κ1) is 17.6. The average Bonchev–Trinajstić information content (AvgIpc) is 2.54. The lowest BCUT2D eigenvalue weighted by Crippen LogP contribution is -2.38. The minimum atomic E-state index is 0.587. The Morgan fingerprint density at radius 3 is 1.96 bits per heavy atom. The van der Waals surface area contributed by atoms with Crippen LogP contribution in [0.1, 0.15) is 38.8 Å². The highest BCUT2D eigenvalue weighted by molar-refractivity contribution is 5.28. The minimum Gasteiger partial charge on any atom is -0.489 e. The predicted octanol–water partition coefficient (Wildman–Crippen LogP) is 4.93. The summed E-state index contributed by atoms with van der Waals surface area (Å²) in [6.45, 7) is 10.8. The predicted molar refractivity (Wildman–Crippen MR) is 97.9 cm³/mol. The van der Waals surface area contributed by atoms with Crippen LogP contribution in [0, 0.1) is 0 Å². The third-order valence-electron chi connectivity index (χ3n) is 4.16. The number of nitrogens with zero attached hydrogens (tertiary/aromatic N) is 1. The van der Waals surface area contributed by atoms with Crippen molar-refractivity contribution in [2.24, 2.45) is 0 Å². The largest absolute Gasteiger partial charge is 0.489 e. The maximum absolute atomic E-state index is 5.84. The summed E-state index contributed by atoms with van der Waals surface area (Å²) in [7, 11) is 0. The molecule has 0 saturated carbocycles. The molecule has 0 heterocycles. The van der Waals surface area contributed by atoms with Crippen molar-refractivity contribution in [3.63, 3.8) is 0 Å². The van der Waals surface area contributed by atoms with E-state index < -0.39 is 0 Å². The first-order chi connectivity index (χ1) is 11.1. The Morgan fingerprint density at radius 2 is 1.39 bits per heavy atom. The monoisotopic (exact) mass is 311 g/mol. The molecular weight excluding hydrogens is 282 g/mol. The fraction of sp³-hybridized carbons (Fsp3) is 0.429. The van der Waals surface area contributed by atoms with E-state index in [9.17, 15) is 0 Å². The van der Waals surface area contributed by atoms with Crippen molar-refractivity contribution in [3.05, 3.63) is 65.7 Å². The number of hydrogen-bond acceptors (Lipinski definition) is 2. The van der Waals surface area contributed by atoms with E-state index in [1.807, 2.05) is 18.2 Å². The Hall–Kier alpha value is -1.80. The van der Waals surface area contributed by atoms with Crippen molar-refractivity contribution in [1.82, 2.24) is 4.90 Å². The molecule has 2 aromatic carbocycles. The molecule has 23 heavy (non-hydrogen) atoms. The maximum Gasteiger partial charge on any atom is 0.119 e. The van der Waals surface area contributed by atoms with Crippen LogP contribution >= 0.6 is 0 Å². The van der Waals surface area contributed by atoms with Crippen LogP contribution < -0.4 is 4.74 Å². The van der Waals surface area contributed by atoms with Crippen molar-refractivity contribution in [2.75, 3.05) is 6.54 Å². The Kier molecular flexibility index (Phi) is 6.66. The van der Waals surface area contributed by atoms with Crippen molar-refractivity contribution in [2.45, 2.75) is 52.8 Å². The second kappa shape index (κ2) is 8.73. The first-order valence-electron chi connectivity index (χ1n) is 8.57. The molecule has 2 aromatic rings. The number of rotatable bonds is 8. The Balaban J connectivity index is 1.84. The van der Waals surface area contributed by atoms with E-state index in [1.165, 1.54) is 11.1 Å². The molecule has 0 bridgehead atoms. The summed E-state index contributed by atoms with van der Waals surface area (Å²) >= 11 is 0. The molecule has 0 aromatic heterocycles. The van der Waals surface area contributed by atoms with Gasteiger partial charge in [-0.25, -0.2) is 0 Å². The number of hydrogen-bond donors (Lipinski definition) is 0. The SMILES string of the molecule is CC(C)N(CCc1ccc(OCc2ccccc2)cc1)C(C)C. The van der Waals surface area contributed by atoms with E-state index in [0.717, 1.165) is 18.7 Å². The van der Waals surface area contributed by atoms with Gasteiger partial charge in [0, 0.05) is 18.6 Å². The van der Waals surface area contributed by atoms with Gasteiger partial charge < -0.3 is 4.74 Å². The second-order valence-corrected chi connectivity index (χ2v) is 6.59. The molecular formula is C21H29NO. The normalized spacial score (nSPS) is 11.4. The zero-order chi connectivity index (χ0) is 16.7. The lowest BCUT2D eigenvalue weighted by molar-refractivity contribution is 0.177. The standard InChI is InChI=1S/C21H29NO/c1-17(2)22(18(3)4)15-14-19-10-12-21(13-11-19)23-16-20-8-6-5-7-9-20/h5-13,17-18H,14-16H2,1-4H3. The zero-order valence-electron chi connectivity index (χ0n) is 14.8. The van der Waals surface area contributed by atoms with Crippen molar-refractivity contribution in [3.8, 4) is 5.75 Å². The summed E-state index contributed by atoms with van der Waals surface area (Å²) in [5.41, 5.74) is 2.56. The summed E-state index contributed by atoms with van der Waals surface area (Å²) < 4.78 is 5.84. The third-order valence-corrected chi connectivity index (χ3v) is 4.16. The maximum atomic E-state index is 5.84. The third kappa shape index (κ3) is 5.72. The van der Waals surface area contributed by atoms with Crippen molar-refractivity contribution in [1.29, 1.82) is 0 Å². The molecule has 0 aliphatic rings. The summed E-state index contributed by atoms with van der Waals surface area (Å²) in [4.78, 5) is 2.53. The van der Waals surface area contributed by atoms with Crippen LogP contribution in [0.15, 0.2) is 54.6 Å². The van der Waals surface area contributed by atoms with Crippen molar-refractivity contribution < 1.29 is 4.74 Å². The van der Waals surface area contributed by atoms with E-state index in [1.54, 1.807) is 0 Å². The van der Waals surface area contributed by atoms with Crippen LogP contribution in [0.5, 0.6) is 5.75 Å². The molecule has 0 saturated heterocycles. The van der Waals surface area contributed by atoms with Gasteiger partial charge in [0.15, 0.2) is 0 Å². The summed E-state index contributed by atoms with van der Waals surface area (Å²) in [5.74, 6) is 0.933. The summed E-state index contributed by atoms with van der Waals surface area (Å²) in [5, 5.41) is 0. The van der Waals surface area contributed by atoms with Crippen LogP contribution in [0.25, 0.3) is 0 Å². The van der Waals surface area contributed by atoms with E-state index >= 15 is 0 Å². The molecule has 0 atom stereocenters. The fourth-order valence-corrected chi connectivity index (χ4v) is 2.86. The molecule has 0 aliphatic heterocycles. The van der Waals surface area contributed by atoms with E-state index in [-0.39, 0.29) is 0 Å². The molecule has 0 spiro atoms. The Bertz CT molecular complexity index is 552. The van der Waals surface area contributed by atoms with Gasteiger partial charge in [-0.05, 0) is 57.4 Å². The molecule has 124 valence electrons. The minimum absolute atomic E-state index is 0.587. The fourth-order valence-electron chi connectivity index (χ4n) is 2.86. The van der Waals surface area contributed by atoms with Gasteiger partial charge in [-0.2, -0.15) is 0 Å². The van der Waals surface area contributed by atoms with Gasteiger partial charge in [0.05, 0.1) is 0 Å². The molecule has 2 nitrogen and oxygen atoms in total. The molecule has 0 aliphatic carbocycles. The lowest BCUT2D eigenvalue weighted by Gasteiger charge is -2.30. The van der Waals surface area contributed by atoms with Gasteiger partial charge in [-0.15, -0.1) is 0 Å². The topological polar surface area (TPSA) is 12.5 Å². The van der Waals surface area contributed by atoms with Gasteiger partial charge in [0.2, 0.25) is 0 Å². The highest BCUT2D eigenvalue weighted by Crippen LogP contribution is 2.15. The van der Waals surface area contributed by atoms with E-state index in [0.29, 0.717) is 18.7 Å². The summed E-state index contributed by atoms with van der Waals surface area (Å²) in [6.07, 6.45) is 1.08. The molecule has 0 unspecified atom stereocenters. The highest BCUT2D eigenvalue weighted by Gasteiger charge is 2.12. The zero-order valence-corrected chi connectivity index (χ0v) is 14.8. The van der Waals surface area contributed by atoms with Crippen LogP contribution in [0.3, 0.4) is 0 Å². The van der Waals surface area contributed by atoms with Gasteiger partial charge in [-0.1, -0.05) is 42.5 Å². The smallest absolute Gasteiger partial charge is 0.119 e. The highest BCUT2D eigenvalue weighted by atomic mass is 16.5. The van der Waals surface area contributed by atoms with E-state index in [4.69, 9.17) is 4.74 Å². The summed E-state index contributed by atoms with van der Waals surface area (Å²) in [6, 6.07) is 20.0. The number of benzene rings is 2. The first-order valence-corrected chi connectivity index (χ1v) is 8.57. The van der Waals surface area contributed by atoms with Gasteiger partial charge in [-0.3, -0.25) is 4.90 Å². The molecule has 0 fully saturated rings. The van der Waals surface area contributed by atoms with Gasteiger partial charge in [0.25, 0.3) is 0 Å². The Morgan fingerprint density at radius 1 is 0.783 bits per heavy atom. The van der Waals surface area contributed by atoms with Crippen molar-refractivity contribution >= 4 is 0 Å². The van der Waals surface area contributed by atoms with Gasteiger partial charge in [0.1, 0.15) is 12.4 Å². The average molecular weight is 311 g/mol. The lowest BCUT2D eigenvalue weighted by atomic mass is 10.1.